The van der Waals surface area contributed by atoms with Gasteiger partial charge in [-0.3, -0.25) is 0 Å². The first kappa shape index (κ1) is 16.4. The van der Waals surface area contributed by atoms with Gasteiger partial charge in [-0.25, -0.2) is 0 Å². The Hall–Kier alpha value is 1.75. The minimum absolute atomic E-state index is 0. The molecule has 0 spiro atoms. The summed E-state index contributed by atoms with van der Waals surface area (Å²) in [6, 6.07) is 0. The smallest absolute Gasteiger partial charge is 0 e. The van der Waals surface area contributed by atoms with E-state index in [0.717, 1.165) is 0 Å². The van der Waals surface area contributed by atoms with Crippen LogP contribution in [0.1, 0.15) is 0 Å². The van der Waals surface area contributed by atoms with Crippen LogP contribution in [0.4, 0.5) is 0 Å². The normalized spacial score (nSPS) is 8.88. The van der Waals surface area contributed by atoms with Gasteiger partial charge in [0.05, 0.1) is 0 Å². The van der Waals surface area contributed by atoms with Gasteiger partial charge < -0.3 is 0 Å². The van der Waals surface area contributed by atoms with E-state index in [9.17, 15) is 4.57 Å². The van der Waals surface area contributed by atoms with E-state index in [-0.39, 0.29) is 36.0 Å². The van der Waals surface area contributed by atoms with Gasteiger partial charge in [-0.1, -0.05) is 0 Å². The van der Waals surface area contributed by atoms with Crippen LogP contribution in [0.15, 0.2) is 0 Å². The summed E-state index contributed by atoms with van der Waals surface area (Å²) in [5.74, 6) is 0. The van der Waals surface area contributed by atoms with E-state index in [1.807, 2.05) is 0 Å². The van der Waals surface area contributed by atoms with Crippen molar-refractivity contribution in [2.45, 2.75) is 0 Å². The molecule has 8 heavy (non-hydrogen) atoms. The van der Waals surface area contributed by atoms with Gasteiger partial charge >= 0.3 is 42.1 Å². The summed E-state index contributed by atoms with van der Waals surface area (Å²) < 4.78 is 12.8. The van der Waals surface area contributed by atoms with Crippen molar-refractivity contribution in [2.75, 3.05) is 0 Å². The predicted octanol–water partition coefficient (Wildman–Crippen LogP) is -0.448. The van der Waals surface area contributed by atoms with Gasteiger partial charge in [0.1, 0.15) is 0 Å². The van der Waals surface area contributed by atoms with Crippen molar-refractivity contribution in [1.29, 1.82) is 0 Å². The predicted molar refractivity (Wildman–Crippen MR) is 13.1 cm³/mol. The zero-order valence-corrected chi connectivity index (χ0v) is 9.59. The Morgan fingerprint density at radius 2 is 1.62 bits per heavy atom. The summed E-state index contributed by atoms with van der Waals surface area (Å²) in [7, 11) is -4.23. The van der Waals surface area contributed by atoms with Crippen molar-refractivity contribution in [3.63, 3.8) is 0 Å². The van der Waals surface area contributed by atoms with Crippen LogP contribution in [0.3, 0.4) is 0 Å². The minimum atomic E-state index is -4.23. The molecule has 0 saturated heterocycles. The molecule has 4 nitrogen and oxygen atoms in total. The van der Waals surface area contributed by atoms with E-state index >= 15 is 0 Å². The monoisotopic (exact) mass is 274 g/mol. The first-order chi connectivity index (χ1) is 2.56. The van der Waals surface area contributed by atoms with E-state index in [2.05, 4.69) is 19.9 Å². The fourth-order valence-electron chi connectivity index (χ4n) is 0. The zero-order chi connectivity index (χ0) is 5.21. The van der Waals surface area contributed by atoms with Crippen LogP contribution in [0.25, 0.3) is 0 Å². The Morgan fingerprint density at radius 1 is 1.50 bits per heavy atom. The summed E-state index contributed by atoms with van der Waals surface area (Å²) in [5.41, 5.74) is 0. The maximum atomic E-state index is 9.43. The topological polar surface area (TPSA) is 66.8 Å². The molecule has 0 aromatic rings. The average Bonchev–Trinajstić information content (AvgIpc) is 1.35. The summed E-state index contributed by atoms with van der Waals surface area (Å²) in [6.45, 7) is 0. The third-order valence-electron chi connectivity index (χ3n) is 0.0899. The molecule has 50 valence electrons. The van der Waals surface area contributed by atoms with Gasteiger partial charge in [-0.15, -0.1) is 0 Å². The second-order valence-electron chi connectivity index (χ2n) is 0.560. The van der Waals surface area contributed by atoms with Gasteiger partial charge in [-0.05, 0) is 0 Å². The molecule has 0 aliphatic heterocycles. The summed E-state index contributed by atoms with van der Waals surface area (Å²) in [6.07, 6.45) is 0. The Balaban J connectivity index is -0.000000125. The SMILES string of the molecule is O=P(O)(O)[O][Mn].[Ni].[Zn]. The molecule has 0 saturated carbocycles. The molecule has 0 radical (unpaired) electrons. The molecule has 0 rings (SSSR count). The van der Waals surface area contributed by atoms with E-state index < -0.39 is 7.82 Å². The van der Waals surface area contributed by atoms with Crippen molar-refractivity contribution < 1.29 is 70.3 Å². The second kappa shape index (κ2) is 6.86. The number of rotatable bonds is 1. The fraction of sp³-hybridized carbons (Fsp3) is 0. The number of phosphoric acid groups is 1. The van der Waals surface area contributed by atoms with Gasteiger partial charge in [0.15, 0.2) is 0 Å². The maximum absolute atomic E-state index is 9.43. The molecule has 0 aliphatic carbocycles. The van der Waals surface area contributed by atoms with Gasteiger partial charge in [-0.2, -0.15) is 0 Å². The molecule has 0 aromatic carbocycles. The van der Waals surface area contributed by atoms with Crippen LogP contribution in [-0.2, 0) is 60.5 Å². The first-order valence-electron chi connectivity index (χ1n) is 0.919. The molecular formula is H2MnNiO4PZn. The van der Waals surface area contributed by atoms with Crippen molar-refractivity contribution in [3.05, 3.63) is 0 Å². The van der Waals surface area contributed by atoms with E-state index in [1.165, 1.54) is 0 Å². The molecule has 0 fully saturated rings. The largest absolute Gasteiger partial charge is 0 e. The van der Waals surface area contributed by atoms with E-state index in [0.29, 0.717) is 0 Å². The first-order valence-corrected chi connectivity index (χ1v) is 2.93. The molecular weight excluding hydrogens is 274 g/mol. The van der Waals surface area contributed by atoms with Crippen LogP contribution in [-0.4, -0.2) is 9.79 Å². The van der Waals surface area contributed by atoms with Crippen LogP contribution in [0.5, 0.6) is 0 Å². The molecule has 8 heteroatoms. The third-order valence-corrected chi connectivity index (χ3v) is 1.11. The second-order valence-corrected chi connectivity index (χ2v) is 2.33. The summed E-state index contributed by atoms with van der Waals surface area (Å²) in [5, 5.41) is 0. The quantitative estimate of drug-likeness (QED) is 0.503. The number of hydrogen-bond donors (Lipinski definition) is 2. The third kappa shape index (κ3) is 15.7. The van der Waals surface area contributed by atoms with Gasteiger partial charge in [0, 0.05) is 36.0 Å². The zero-order valence-electron chi connectivity index (χ0n) is 3.56. The fourth-order valence-corrected chi connectivity index (χ4v) is 0. The van der Waals surface area contributed by atoms with Crippen molar-refractivity contribution in [3.8, 4) is 0 Å². The van der Waals surface area contributed by atoms with Crippen LogP contribution >= 0.6 is 7.82 Å². The Bertz CT molecular complexity index is 80.1. The van der Waals surface area contributed by atoms with Crippen molar-refractivity contribution >= 4 is 7.82 Å². The van der Waals surface area contributed by atoms with Crippen LogP contribution < -0.4 is 0 Å². The molecule has 2 N–H and O–H groups in total. The standard InChI is InChI=1S/Mn.Ni.H3O4P.Zn/c;;1-5(2,3)4;/h;;(H3,1,2,3,4);/q+1;;;/p-1. The number of hydrogen-bond acceptors (Lipinski definition) is 2. The average molecular weight is 276 g/mol. The van der Waals surface area contributed by atoms with Crippen LogP contribution in [0, 0.1) is 0 Å². The Kier molecular flexibility index (Phi) is 14.0. The summed E-state index contributed by atoms with van der Waals surface area (Å²) in [4.78, 5) is 15.3. The molecule has 0 atom stereocenters. The van der Waals surface area contributed by atoms with Gasteiger partial charge in [0.25, 0.3) is 0 Å². The van der Waals surface area contributed by atoms with Crippen LogP contribution in [0.2, 0.25) is 0 Å². The van der Waals surface area contributed by atoms with Gasteiger partial charge in [0.2, 0.25) is 0 Å². The molecule has 0 aliphatic rings. The maximum Gasteiger partial charge on any atom is 0 e. The molecule has 0 aromatic heterocycles. The molecule has 0 bridgehead atoms. The molecule has 0 amide bonds. The van der Waals surface area contributed by atoms with Crippen molar-refractivity contribution in [2.24, 2.45) is 0 Å². The Morgan fingerprint density at radius 3 is 1.62 bits per heavy atom. The van der Waals surface area contributed by atoms with Crippen molar-refractivity contribution in [1.82, 2.24) is 0 Å². The van der Waals surface area contributed by atoms with E-state index in [1.54, 1.807) is 0 Å². The molecule has 0 heterocycles. The summed E-state index contributed by atoms with van der Waals surface area (Å²) >= 11 is 2.11. The minimum Gasteiger partial charge on any atom is 0 e. The molecule has 0 unspecified atom stereocenters. The van der Waals surface area contributed by atoms with E-state index in [4.69, 9.17) is 9.79 Å². The Labute approximate surface area is 77.8 Å².